The van der Waals surface area contributed by atoms with Gasteiger partial charge in [0, 0.05) is 5.33 Å². The van der Waals surface area contributed by atoms with Crippen LogP contribution in [-0.4, -0.2) is 25.4 Å². The zero-order chi connectivity index (χ0) is 8.04. The molecule has 0 saturated carbocycles. The van der Waals surface area contributed by atoms with Crippen LogP contribution < -0.4 is 0 Å². The summed E-state index contributed by atoms with van der Waals surface area (Å²) in [5.74, 6) is 0. The fourth-order valence-electron chi connectivity index (χ4n) is 0.508. The van der Waals surface area contributed by atoms with Crippen LogP contribution in [0.25, 0.3) is 0 Å². The molecule has 62 valence electrons. The summed E-state index contributed by atoms with van der Waals surface area (Å²) in [7, 11) is 0. The van der Waals surface area contributed by atoms with E-state index in [1.54, 1.807) is 0 Å². The highest BCUT2D eigenvalue weighted by atomic mass is 79.9. The van der Waals surface area contributed by atoms with Crippen molar-refractivity contribution < 1.29 is 13.2 Å². The number of hydrogen-bond donors (Lipinski definition) is 0. The average molecular weight is 219 g/mol. The lowest BCUT2D eigenvalue weighted by molar-refractivity contribution is 0.110. The summed E-state index contributed by atoms with van der Waals surface area (Å²) in [6, 6.07) is 0. The molecule has 0 aromatic carbocycles. The van der Waals surface area contributed by atoms with E-state index >= 15 is 0 Å². The van der Waals surface area contributed by atoms with Crippen molar-refractivity contribution in [3.05, 3.63) is 0 Å². The molecule has 0 nitrogen and oxygen atoms in total. The summed E-state index contributed by atoms with van der Waals surface area (Å²) in [6.45, 7) is -2.77. The van der Waals surface area contributed by atoms with E-state index in [4.69, 9.17) is 0 Å². The molecule has 0 unspecified atom stereocenters. The van der Waals surface area contributed by atoms with Crippen molar-refractivity contribution in [2.45, 2.75) is 6.42 Å². The largest absolute Gasteiger partial charge is 0.250 e. The minimum atomic E-state index is -1.37. The predicted molar refractivity (Wildman–Crippen MR) is 38.8 cm³/mol. The molecule has 0 aromatic heterocycles. The third-order valence-electron chi connectivity index (χ3n) is 1.48. The maximum atomic E-state index is 12.0. The van der Waals surface area contributed by atoms with E-state index in [1.165, 1.54) is 0 Å². The van der Waals surface area contributed by atoms with Crippen molar-refractivity contribution in [3.8, 4) is 0 Å². The van der Waals surface area contributed by atoms with Gasteiger partial charge in [-0.1, -0.05) is 15.9 Å². The maximum Gasteiger partial charge on any atom is 0.100 e. The standard InChI is InChI=1S/C6H10BrF3/c7-2-1-6(3-8,4-9)5-10/h1-5H2. The second-order valence-electron chi connectivity index (χ2n) is 2.34. The zero-order valence-corrected chi connectivity index (χ0v) is 7.13. The molecule has 0 aliphatic carbocycles. The first-order valence-corrected chi connectivity index (χ1v) is 4.10. The molecule has 0 rings (SSSR count). The summed E-state index contributed by atoms with van der Waals surface area (Å²) >= 11 is 3.01. The van der Waals surface area contributed by atoms with E-state index in [0.29, 0.717) is 5.33 Å². The number of alkyl halides is 4. The maximum absolute atomic E-state index is 12.0. The minimum absolute atomic E-state index is 0.205. The Bertz CT molecular complexity index is 74.8. The molecule has 0 radical (unpaired) electrons. The average Bonchev–Trinajstić information content (AvgIpc) is 2.01. The molecule has 0 bridgehead atoms. The topological polar surface area (TPSA) is 0 Å². The fourth-order valence-corrected chi connectivity index (χ4v) is 1.35. The molecule has 0 atom stereocenters. The van der Waals surface area contributed by atoms with E-state index in [0.717, 1.165) is 0 Å². The quantitative estimate of drug-likeness (QED) is 0.623. The van der Waals surface area contributed by atoms with Crippen LogP contribution in [-0.2, 0) is 0 Å². The van der Waals surface area contributed by atoms with Crippen molar-refractivity contribution in [2.75, 3.05) is 25.4 Å². The molecule has 0 amide bonds. The van der Waals surface area contributed by atoms with Gasteiger partial charge in [-0.25, -0.2) is 0 Å². The Morgan fingerprint density at radius 3 is 1.50 bits per heavy atom. The molecular weight excluding hydrogens is 209 g/mol. The molecule has 0 aliphatic rings. The Balaban J connectivity index is 3.87. The van der Waals surface area contributed by atoms with Crippen LogP contribution in [0.15, 0.2) is 0 Å². The second kappa shape index (κ2) is 4.99. The summed E-state index contributed by atoms with van der Waals surface area (Å²) in [5, 5.41) is 0.435. The van der Waals surface area contributed by atoms with Gasteiger partial charge in [0.2, 0.25) is 0 Å². The third kappa shape index (κ3) is 2.48. The van der Waals surface area contributed by atoms with E-state index in [9.17, 15) is 13.2 Å². The molecule has 0 spiro atoms. The minimum Gasteiger partial charge on any atom is -0.250 e. The van der Waals surface area contributed by atoms with Crippen LogP contribution in [0.4, 0.5) is 13.2 Å². The van der Waals surface area contributed by atoms with Gasteiger partial charge in [-0.15, -0.1) is 0 Å². The van der Waals surface area contributed by atoms with Crippen LogP contribution >= 0.6 is 15.9 Å². The van der Waals surface area contributed by atoms with Crippen LogP contribution in [0.5, 0.6) is 0 Å². The Morgan fingerprint density at radius 1 is 1.00 bits per heavy atom. The Kier molecular flexibility index (Phi) is 5.13. The van der Waals surface area contributed by atoms with Gasteiger partial charge in [0.15, 0.2) is 0 Å². The molecule has 4 heteroatoms. The van der Waals surface area contributed by atoms with Gasteiger partial charge in [-0.05, 0) is 6.42 Å². The molecule has 0 aromatic rings. The van der Waals surface area contributed by atoms with E-state index < -0.39 is 25.4 Å². The lowest BCUT2D eigenvalue weighted by Crippen LogP contribution is -2.29. The molecule has 0 saturated heterocycles. The van der Waals surface area contributed by atoms with Gasteiger partial charge in [-0.2, -0.15) is 0 Å². The van der Waals surface area contributed by atoms with Crippen LogP contribution in [0.1, 0.15) is 6.42 Å². The van der Waals surface area contributed by atoms with Crippen LogP contribution in [0.2, 0.25) is 0 Å². The Labute approximate surface area is 66.9 Å². The molecule has 0 fully saturated rings. The van der Waals surface area contributed by atoms with E-state index in [2.05, 4.69) is 15.9 Å². The summed E-state index contributed by atoms with van der Waals surface area (Å²) < 4.78 is 36.0. The first-order chi connectivity index (χ1) is 4.74. The van der Waals surface area contributed by atoms with Gasteiger partial charge in [0.05, 0.1) is 5.41 Å². The van der Waals surface area contributed by atoms with Gasteiger partial charge < -0.3 is 0 Å². The van der Waals surface area contributed by atoms with Crippen molar-refractivity contribution in [1.82, 2.24) is 0 Å². The molecular formula is C6H10BrF3. The highest BCUT2D eigenvalue weighted by molar-refractivity contribution is 9.09. The molecule has 0 heterocycles. The lowest BCUT2D eigenvalue weighted by atomic mass is 9.90. The van der Waals surface area contributed by atoms with Gasteiger partial charge in [0.1, 0.15) is 20.0 Å². The van der Waals surface area contributed by atoms with Gasteiger partial charge in [-0.3, -0.25) is 13.2 Å². The van der Waals surface area contributed by atoms with E-state index in [-0.39, 0.29) is 6.42 Å². The van der Waals surface area contributed by atoms with Crippen molar-refractivity contribution >= 4 is 15.9 Å². The molecule has 0 N–H and O–H groups in total. The second-order valence-corrected chi connectivity index (χ2v) is 3.13. The zero-order valence-electron chi connectivity index (χ0n) is 5.55. The first kappa shape index (κ1) is 10.3. The Hall–Kier alpha value is 0.270. The number of halogens is 4. The van der Waals surface area contributed by atoms with Gasteiger partial charge in [0.25, 0.3) is 0 Å². The summed E-state index contributed by atoms with van der Waals surface area (Å²) in [6.07, 6.45) is 0.205. The van der Waals surface area contributed by atoms with Crippen molar-refractivity contribution in [3.63, 3.8) is 0 Å². The number of hydrogen-bond acceptors (Lipinski definition) is 0. The first-order valence-electron chi connectivity index (χ1n) is 2.98. The normalized spacial score (nSPS) is 12.0. The lowest BCUT2D eigenvalue weighted by Gasteiger charge is -2.22. The van der Waals surface area contributed by atoms with Crippen molar-refractivity contribution in [2.24, 2.45) is 5.41 Å². The highest BCUT2D eigenvalue weighted by Crippen LogP contribution is 2.25. The van der Waals surface area contributed by atoms with Crippen LogP contribution in [0, 0.1) is 5.41 Å². The number of rotatable bonds is 5. The Morgan fingerprint density at radius 2 is 1.40 bits per heavy atom. The highest BCUT2D eigenvalue weighted by Gasteiger charge is 2.29. The van der Waals surface area contributed by atoms with Crippen LogP contribution in [0.3, 0.4) is 0 Å². The van der Waals surface area contributed by atoms with E-state index in [1.807, 2.05) is 0 Å². The summed E-state index contributed by atoms with van der Waals surface area (Å²) in [4.78, 5) is 0. The molecule has 10 heavy (non-hydrogen) atoms. The fraction of sp³-hybridized carbons (Fsp3) is 1.00. The predicted octanol–water partition coefficient (Wildman–Crippen LogP) is 2.67. The summed E-state index contributed by atoms with van der Waals surface area (Å²) in [5.41, 5.74) is -1.37. The van der Waals surface area contributed by atoms with Crippen molar-refractivity contribution in [1.29, 1.82) is 0 Å². The SMILES string of the molecule is FCC(CF)(CF)CCBr. The monoisotopic (exact) mass is 218 g/mol. The smallest absolute Gasteiger partial charge is 0.100 e. The van der Waals surface area contributed by atoms with Gasteiger partial charge >= 0.3 is 0 Å². The molecule has 0 aliphatic heterocycles. The third-order valence-corrected chi connectivity index (χ3v) is 1.87.